The highest BCUT2D eigenvalue weighted by Gasteiger charge is 2.31. The van der Waals surface area contributed by atoms with Crippen LogP contribution < -0.4 is 4.90 Å². The number of nitrogens with zero attached hydrogens (tertiary/aromatic N) is 4. The van der Waals surface area contributed by atoms with E-state index in [2.05, 4.69) is 11.8 Å². The Morgan fingerprint density at radius 1 is 0.844 bits per heavy atom. The Labute approximate surface area is 190 Å². The molecular formula is C25H30N4O2S. The van der Waals surface area contributed by atoms with E-state index in [1.807, 2.05) is 54.1 Å². The van der Waals surface area contributed by atoms with Gasteiger partial charge in [0.1, 0.15) is 0 Å². The van der Waals surface area contributed by atoms with Gasteiger partial charge in [-0.05, 0) is 74.9 Å². The minimum Gasteiger partial charge on any atom is -0.366 e. The maximum atomic E-state index is 13.3. The Morgan fingerprint density at radius 3 is 2.25 bits per heavy atom. The van der Waals surface area contributed by atoms with E-state index in [0.29, 0.717) is 31.1 Å². The highest BCUT2D eigenvalue weighted by atomic mass is 32.2. The molecule has 0 radical (unpaired) electrons. The second kappa shape index (κ2) is 8.37. The van der Waals surface area contributed by atoms with Gasteiger partial charge in [0.05, 0.1) is 27.7 Å². The van der Waals surface area contributed by atoms with Crippen molar-refractivity contribution in [1.29, 1.82) is 0 Å². The summed E-state index contributed by atoms with van der Waals surface area (Å²) in [5.74, 6) is 0. The molecule has 0 bridgehead atoms. The average molecular weight is 451 g/mol. The van der Waals surface area contributed by atoms with Gasteiger partial charge in [-0.25, -0.2) is 13.1 Å². The maximum Gasteiger partial charge on any atom is 0.243 e. The smallest absolute Gasteiger partial charge is 0.243 e. The molecule has 1 aromatic heterocycles. The molecule has 0 amide bonds. The van der Waals surface area contributed by atoms with Crippen LogP contribution in [-0.2, 0) is 22.9 Å². The van der Waals surface area contributed by atoms with E-state index in [1.165, 1.54) is 17.5 Å². The van der Waals surface area contributed by atoms with Crippen molar-refractivity contribution in [3.63, 3.8) is 0 Å². The zero-order chi connectivity index (χ0) is 22.3. The molecule has 2 heterocycles. The molecule has 1 saturated heterocycles. The number of anilines is 1. The number of benzene rings is 2. The van der Waals surface area contributed by atoms with Gasteiger partial charge >= 0.3 is 0 Å². The maximum absolute atomic E-state index is 13.3. The third-order valence-electron chi connectivity index (χ3n) is 6.77. The average Bonchev–Trinajstić information content (AvgIpc) is 3.13. The van der Waals surface area contributed by atoms with Crippen LogP contribution >= 0.6 is 0 Å². The Balaban J connectivity index is 1.34. The zero-order valence-electron chi connectivity index (χ0n) is 18.8. The summed E-state index contributed by atoms with van der Waals surface area (Å²) in [4.78, 5) is 2.71. The predicted octanol–water partition coefficient (Wildman–Crippen LogP) is 3.88. The molecule has 1 fully saturated rings. The Morgan fingerprint density at radius 2 is 1.53 bits per heavy atom. The summed E-state index contributed by atoms with van der Waals surface area (Å²) in [7, 11) is -3.47. The highest BCUT2D eigenvalue weighted by molar-refractivity contribution is 7.89. The van der Waals surface area contributed by atoms with Gasteiger partial charge in [0.15, 0.2) is 0 Å². The molecule has 32 heavy (non-hydrogen) atoms. The normalized spacial score (nSPS) is 17.4. The molecule has 7 heteroatoms. The second-order valence-electron chi connectivity index (χ2n) is 8.80. The molecule has 0 spiro atoms. The van der Waals surface area contributed by atoms with Crippen molar-refractivity contribution in [1.82, 2.24) is 14.1 Å². The van der Waals surface area contributed by atoms with E-state index >= 15 is 0 Å². The highest BCUT2D eigenvalue weighted by Crippen LogP contribution is 2.30. The van der Waals surface area contributed by atoms with E-state index in [9.17, 15) is 8.42 Å². The van der Waals surface area contributed by atoms with Crippen LogP contribution in [0, 0.1) is 13.8 Å². The molecular weight excluding hydrogens is 420 g/mol. The first kappa shape index (κ1) is 21.2. The number of sulfonamides is 1. The fourth-order valence-electron chi connectivity index (χ4n) is 5.08. The van der Waals surface area contributed by atoms with Gasteiger partial charge in [-0.15, -0.1) is 0 Å². The fraction of sp³-hybridized carbons (Fsp3) is 0.400. The summed E-state index contributed by atoms with van der Waals surface area (Å²) >= 11 is 0. The van der Waals surface area contributed by atoms with Gasteiger partial charge in [0, 0.05) is 26.2 Å². The SMILES string of the molecule is Cc1nn(-c2ccccc2)c(C)c1N1CCN(S(=O)(=O)c2ccc3c(c2)CCCC3)CC1. The van der Waals surface area contributed by atoms with E-state index in [4.69, 9.17) is 5.10 Å². The summed E-state index contributed by atoms with van der Waals surface area (Å²) in [6, 6.07) is 15.8. The van der Waals surface area contributed by atoms with Gasteiger partial charge in [0.2, 0.25) is 10.0 Å². The summed E-state index contributed by atoms with van der Waals surface area (Å²) in [6.45, 7) is 6.39. The molecule has 3 aromatic rings. The van der Waals surface area contributed by atoms with Crippen LogP contribution in [0.4, 0.5) is 5.69 Å². The summed E-state index contributed by atoms with van der Waals surface area (Å²) in [5.41, 5.74) is 6.71. The third kappa shape index (κ3) is 3.73. The standard InChI is InChI=1S/C25H30N4O2S/c1-19-25(20(2)29(26-19)23-10-4-3-5-11-23)27-14-16-28(17-15-27)32(30,31)24-13-12-21-8-6-7-9-22(21)18-24/h3-5,10-13,18H,6-9,14-17H2,1-2H3. The number of para-hydroxylation sites is 1. The summed E-state index contributed by atoms with van der Waals surface area (Å²) in [5, 5.41) is 4.76. The first-order chi connectivity index (χ1) is 15.4. The lowest BCUT2D eigenvalue weighted by Crippen LogP contribution is -2.49. The van der Waals surface area contributed by atoms with E-state index in [-0.39, 0.29) is 0 Å². The molecule has 0 saturated carbocycles. The number of piperazine rings is 1. The molecule has 2 aromatic carbocycles. The van der Waals surface area contributed by atoms with Gasteiger partial charge in [-0.2, -0.15) is 9.40 Å². The van der Waals surface area contributed by atoms with Crippen LogP contribution in [0.2, 0.25) is 0 Å². The molecule has 0 unspecified atom stereocenters. The monoisotopic (exact) mass is 450 g/mol. The molecule has 0 atom stereocenters. The minimum atomic E-state index is -3.47. The van der Waals surface area contributed by atoms with Crippen LogP contribution in [0.1, 0.15) is 35.4 Å². The van der Waals surface area contributed by atoms with Crippen molar-refractivity contribution in [3.05, 3.63) is 71.0 Å². The lowest BCUT2D eigenvalue weighted by atomic mass is 9.92. The van der Waals surface area contributed by atoms with Crippen molar-refractivity contribution >= 4 is 15.7 Å². The lowest BCUT2D eigenvalue weighted by molar-refractivity contribution is 0.384. The molecule has 1 aliphatic heterocycles. The van der Waals surface area contributed by atoms with Crippen LogP contribution in [0.3, 0.4) is 0 Å². The van der Waals surface area contributed by atoms with Crippen molar-refractivity contribution in [3.8, 4) is 5.69 Å². The third-order valence-corrected chi connectivity index (χ3v) is 8.66. The Bertz CT molecular complexity index is 1230. The second-order valence-corrected chi connectivity index (χ2v) is 10.7. The molecule has 5 rings (SSSR count). The molecule has 0 N–H and O–H groups in total. The number of hydrogen-bond acceptors (Lipinski definition) is 4. The van der Waals surface area contributed by atoms with Gasteiger partial charge in [0.25, 0.3) is 0 Å². The van der Waals surface area contributed by atoms with E-state index in [1.54, 1.807) is 10.4 Å². The van der Waals surface area contributed by atoms with Gasteiger partial charge in [-0.1, -0.05) is 24.3 Å². The number of rotatable bonds is 4. The van der Waals surface area contributed by atoms with Gasteiger partial charge in [-0.3, -0.25) is 0 Å². The topological polar surface area (TPSA) is 58.4 Å². The predicted molar refractivity (Wildman–Crippen MR) is 127 cm³/mol. The van der Waals surface area contributed by atoms with Crippen LogP contribution in [0.15, 0.2) is 53.4 Å². The van der Waals surface area contributed by atoms with Crippen molar-refractivity contribution < 1.29 is 8.42 Å². The van der Waals surface area contributed by atoms with E-state index in [0.717, 1.165) is 42.0 Å². The number of aryl methyl sites for hydroxylation is 3. The van der Waals surface area contributed by atoms with E-state index < -0.39 is 10.0 Å². The minimum absolute atomic E-state index is 0.441. The van der Waals surface area contributed by atoms with Crippen LogP contribution in [-0.4, -0.2) is 48.7 Å². The number of aromatic nitrogens is 2. The molecule has 2 aliphatic rings. The van der Waals surface area contributed by atoms with Gasteiger partial charge < -0.3 is 4.90 Å². The largest absolute Gasteiger partial charge is 0.366 e. The lowest BCUT2D eigenvalue weighted by Gasteiger charge is -2.35. The first-order valence-electron chi connectivity index (χ1n) is 11.4. The molecule has 168 valence electrons. The number of hydrogen-bond donors (Lipinski definition) is 0. The quantitative estimate of drug-likeness (QED) is 0.605. The Hall–Kier alpha value is -2.64. The Kier molecular flexibility index (Phi) is 5.55. The summed E-state index contributed by atoms with van der Waals surface area (Å²) in [6.07, 6.45) is 4.38. The van der Waals surface area contributed by atoms with Crippen LogP contribution in [0.25, 0.3) is 5.69 Å². The van der Waals surface area contributed by atoms with Crippen molar-refractivity contribution in [2.24, 2.45) is 0 Å². The molecule has 1 aliphatic carbocycles. The van der Waals surface area contributed by atoms with Crippen LogP contribution in [0.5, 0.6) is 0 Å². The van der Waals surface area contributed by atoms with Crippen molar-refractivity contribution in [2.75, 3.05) is 31.1 Å². The number of fused-ring (bicyclic) bond motifs is 1. The summed E-state index contributed by atoms with van der Waals surface area (Å²) < 4.78 is 30.3. The zero-order valence-corrected chi connectivity index (χ0v) is 19.6. The fourth-order valence-corrected chi connectivity index (χ4v) is 6.56. The first-order valence-corrected chi connectivity index (χ1v) is 12.9. The van der Waals surface area contributed by atoms with Crippen molar-refractivity contribution in [2.45, 2.75) is 44.4 Å². The molecule has 6 nitrogen and oxygen atoms in total.